The summed E-state index contributed by atoms with van der Waals surface area (Å²) in [5.74, 6) is 0.0345. The first kappa shape index (κ1) is 23.2. The van der Waals surface area contributed by atoms with Crippen molar-refractivity contribution in [3.63, 3.8) is 0 Å². The zero-order valence-electron chi connectivity index (χ0n) is 16.8. The van der Waals surface area contributed by atoms with Gasteiger partial charge in [0.25, 0.3) is 0 Å². The molecule has 0 aliphatic heterocycles. The van der Waals surface area contributed by atoms with Crippen LogP contribution in [-0.4, -0.2) is 33.0 Å². The van der Waals surface area contributed by atoms with E-state index in [0.717, 1.165) is 12.0 Å². The molecule has 0 heterocycles. The van der Waals surface area contributed by atoms with Gasteiger partial charge in [-0.1, -0.05) is 48.9 Å². The second-order valence-electron chi connectivity index (χ2n) is 6.71. The molecule has 2 aromatic carbocycles. The number of halogens is 1. The van der Waals surface area contributed by atoms with Gasteiger partial charge >= 0.3 is 0 Å². The largest absolute Gasteiger partial charge is 0.492 e. The fourth-order valence-electron chi connectivity index (χ4n) is 2.66. The Bertz CT molecular complexity index is 920. The molecule has 2 N–H and O–H groups in total. The van der Waals surface area contributed by atoms with Gasteiger partial charge in [0.1, 0.15) is 11.8 Å². The van der Waals surface area contributed by atoms with Crippen molar-refractivity contribution in [2.24, 2.45) is 0 Å². The summed E-state index contributed by atoms with van der Waals surface area (Å²) < 4.78 is 33.7. The molecule has 0 spiro atoms. The molecule has 158 valence electrons. The van der Waals surface area contributed by atoms with E-state index in [4.69, 9.17) is 16.3 Å². The fraction of sp³-hybridized carbons (Fsp3) is 0.381. The van der Waals surface area contributed by atoms with E-state index in [0.29, 0.717) is 12.4 Å². The van der Waals surface area contributed by atoms with Gasteiger partial charge in [-0.2, -0.15) is 4.72 Å². The van der Waals surface area contributed by atoms with Crippen LogP contribution in [0.4, 0.5) is 0 Å². The van der Waals surface area contributed by atoms with Crippen molar-refractivity contribution in [1.82, 2.24) is 10.0 Å². The summed E-state index contributed by atoms with van der Waals surface area (Å²) in [7, 11) is -3.97. The van der Waals surface area contributed by atoms with Crippen LogP contribution in [0.1, 0.15) is 32.8 Å². The number of benzene rings is 2. The van der Waals surface area contributed by atoms with Gasteiger partial charge in [-0.05, 0) is 50.5 Å². The minimum absolute atomic E-state index is 0.0274. The van der Waals surface area contributed by atoms with Gasteiger partial charge in [-0.3, -0.25) is 4.79 Å². The first-order valence-electron chi connectivity index (χ1n) is 9.55. The van der Waals surface area contributed by atoms with Gasteiger partial charge in [0.05, 0.1) is 16.5 Å². The summed E-state index contributed by atoms with van der Waals surface area (Å²) in [6.07, 6.45) is 0.970. The van der Waals surface area contributed by atoms with Gasteiger partial charge < -0.3 is 10.1 Å². The SMILES string of the molecule is CCOc1ccc(S(=O)(=O)NC(Cc2ccccc2)C(=O)NC(C)CC)cc1Cl. The third kappa shape index (κ3) is 6.73. The Morgan fingerprint density at radius 2 is 1.83 bits per heavy atom. The lowest BCUT2D eigenvalue weighted by Crippen LogP contribution is -2.50. The summed E-state index contributed by atoms with van der Waals surface area (Å²) in [5.41, 5.74) is 0.851. The molecule has 6 nitrogen and oxygen atoms in total. The predicted molar refractivity (Wildman–Crippen MR) is 115 cm³/mol. The van der Waals surface area contributed by atoms with E-state index in [1.807, 2.05) is 51.1 Å². The topological polar surface area (TPSA) is 84.5 Å². The minimum Gasteiger partial charge on any atom is -0.492 e. The Morgan fingerprint density at radius 3 is 2.41 bits per heavy atom. The highest BCUT2D eigenvalue weighted by atomic mass is 35.5. The van der Waals surface area contributed by atoms with Crippen LogP contribution in [0.25, 0.3) is 0 Å². The minimum atomic E-state index is -3.97. The smallest absolute Gasteiger partial charge is 0.241 e. The number of sulfonamides is 1. The molecule has 8 heteroatoms. The van der Waals surface area contributed by atoms with Gasteiger partial charge in [0, 0.05) is 6.04 Å². The molecular formula is C21H27ClN2O4S. The monoisotopic (exact) mass is 438 g/mol. The molecule has 2 aromatic rings. The maximum absolute atomic E-state index is 12.9. The second kappa shape index (κ2) is 10.6. The summed E-state index contributed by atoms with van der Waals surface area (Å²) in [4.78, 5) is 12.7. The van der Waals surface area contributed by atoms with Crippen molar-refractivity contribution in [1.29, 1.82) is 0 Å². The number of hydrogen-bond donors (Lipinski definition) is 2. The third-order valence-electron chi connectivity index (χ3n) is 4.41. The number of hydrogen-bond acceptors (Lipinski definition) is 4. The second-order valence-corrected chi connectivity index (χ2v) is 8.83. The molecule has 0 radical (unpaired) electrons. The van der Waals surface area contributed by atoms with E-state index in [2.05, 4.69) is 10.0 Å². The molecule has 0 aliphatic carbocycles. The Balaban J connectivity index is 2.28. The van der Waals surface area contributed by atoms with Gasteiger partial charge in [0.15, 0.2) is 0 Å². The molecule has 0 saturated carbocycles. The number of rotatable bonds is 10. The number of carbonyl (C=O) groups is 1. The maximum Gasteiger partial charge on any atom is 0.241 e. The fourth-order valence-corrected chi connectivity index (χ4v) is 4.18. The first-order valence-corrected chi connectivity index (χ1v) is 11.4. The van der Waals surface area contributed by atoms with Crippen molar-refractivity contribution in [2.75, 3.05) is 6.61 Å². The first-order chi connectivity index (χ1) is 13.8. The summed E-state index contributed by atoms with van der Waals surface area (Å²) in [5, 5.41) is 3.04. The lowest BCUT2D eigenvalue weighted by atomic mass is 10.1. The summed E-state index contributed by atoms with van der Waals surface area (Å²) in [6.45, 7) is 6.05. The average molecular weight is 439 g/mol. The van der Waals surface area contributed by atoms with Crippen LogP contribution in [-0.2, 0) is 21.2 Å². The van der Waals surface area contributed by atoms with Crippen molar-refractivity contribution in [3.05, 3.63) is 59.1 Å². The number of carbonyl (C=O) groups excluding carboxylic acids is 1. The molecular weight excluding hydrogens is 412 g/mol. The Morgan fingerprint density at radius 1 is 1.14 bits per heavy atom. The van der Waals surface area contributed by atoms with Crippen molar-refractivity contribution in [2.45, 2.75) is 50.6 Å². The third-order valence-corrected chi connectivity index (χ3v) is 6.18. The van der Waals surface area contributed by atoms with E-state index in [1.54, 1.807) is 0 Å². The molecule has 2 unspecified atom stereocenters. The highest BCUT2D eigenvalue weighted by molar-refractivity contribution is 7.89. The van der Waals surface area contributed by atoms with Crippen LogP contribution in [0.2, 0.25) is 5.02 Å². The molecule has 2 atom stereocenters. The molecule has 0 fully saturated rings. The number of amides is 1. The van der Waals surface area contributed by atoms with Crippen LogP contribution in [0.3, 0.4) is 0 Å². The Hall–Kier alpha value is -2.09. The number of ether oxygens (including phenoxy) is 1. The molecule has 2 rings (SSSR count). The quantitative estimate of drug-likeness (QED) is 0.594. The van der Waals surface area contributed by atoms with E-state index >= 15 is 0 Å². The lowest BCUT2D eigenvalue weighted by Gasteiger charge is -2.21. The van der Waals surface area contributed by atoms with Crippen molar-refractivity contribution in [3.8, 4) is 5.75 Å². The van der Waals surface area contributed by atoms with Gasteiger partial charge in [0.2, 0.25) is 15.9 Å². The molecule has 29 heavy (non-hydrogen) atoms. The Kier molecular flexibility index (Phi) is 8.49. The van der Waals surface area contributed by atoms with Crippen molar-refractivity contribution < 1.29 is 17.9 Å². The van der Waals surface area contributed by atoms with Crippen LogP contribution in [0, 0.1) is 0 Å². The average Bonchev–Trinajstić information content (AvgIpc) is 2.69. The van der Waals surface area contributed by atoms with Gasteiger partial charge in [-0.15, -0.1) is 0 Å². The van der Waals surface area contributed by atoms with Crippen LogP contribution in [0.5, 0.6) is 5.75 Å². The molecule has 1 amide bonds. The predicted octanol–water partition coefficient (Wildman–Crippen LogP) is 3.54. The van der Waals surface area contributed by atoms with E-state index < -0.39 is 16.1 Å². The van der Waals surface area contributed by atoms with E-state index in [9.17, 15) is 13.2 Å². The van der Waals surface area contributed by atoms with E-state index in [1.165, 1.54) is 18.2 Å². The zero-order valence-corrected chi connectivity index (χ0v) is 18.4. The van der Waals surface area contributed by atoms with Crippen LogP contribution < -0.4 is 14.8 Å². The normalized spacial score (nSPS) is 13.5. The van der Waals surface area contributed by atoms with Crippen molar-refractivity contribution >= 4 is 27.5 Å². The summed E-state index contributed by atoms with van der Waals surface area (Å²) in [6, 6.07) is 12.5. The standard InChI is InChI=1S/C21H27ClN2O4S/c1-4-15(3)23-21(25)19(13-16-9-7-6-8-10-16)24-29(26,27)17-11-12-20(28-5-2)18(22)14-17/h6-12,14-15,19,24H,4-5,13H2,1-3H3,(H,23,25). The molecule has 0 aliphatic rings. The zero-order chi connectivity index (χ0) is 21.4. The highest BCUT2D eigenvalue weighted by Crippen LogP contribution is 2.27. The highest BCUT2D eigenvalue weighted by Gasteiger charge is 2.27. The van der Waals surface area contributed by atoms with Crippen LogP contribution >= 0.6 is 11.6 Å². The molecule has 0 bridgehead atoms. The molecule has 0 saturated heterocycles. The maximum atomic E-state index is 12.9. The van der Waals surface area contributed by atoms with Crippen LogP contribution in [0.15, 0.2) is 53.4 Å². The number of nitrogens with one attached hydrogen (secondary N) is 2. The Labute approximate surface area is 177 Å². The summed E-state index contributed by atoms with van der Waals surface area (Å²) >= 11 is 6.13. The lowest BCUT2D eigenvalue weighted by molar-refractivity contribution is -0.123. The molecule has 0 aromatic heterocycles. The van der Waals surface area contributed by atoms with E-state index in [-0.39, 0.29) is 28.3 Å². The van der Waals surface area contributed by atoms with Gasteiger partial charge in [-0.25, -0.2) is 8.42 Å².